The van der Waals surface area contributed by atoms with Gasteiger partial charge in [0, 0.05) is 12.2 Å². The van der Waals surface area contributed by atoms with Gasteiger partial charge in [0.2, 0.25) is 15.9 Å². The number of hydrogen-bond donors (Lipinski definition) is 1. The molecule has 0 aromatic heterocycles. The van der Waals surface area contributed by atoms with Crippen LogP contribution in [-0.4, -0.2) is 31.4 Å². The molecule has 0 aliphatic heterocycles. The van der Waals surface area contributed by atoms with Gasteiger partial charge < -0.3 is 5.32 Å². The van der Waals surface area contributed by atoms with Gasteiger partial charge in [-0.25, -0.2) is 8.42 Å². The number of carbonyl (C=O) groups is 1. The lowest BCUT2D eigenvalue weighted by Gasteiger charge is -2.20. The molecule has 0 bridgehead atoms. The lowest BCUT2D eigenvalue weighted by molar-refractivity contribution is -0.116. The summed E-state index contributed by atoms with van der Waals surface area (Å²) in [7, 11) is -3.51. The molecule has 0 aliphatic rings. The van der Waals surface area contributed by atoms with E-state index < -0.39 is 10.0 Å². The normalized spacial score (nSPS) is 11.6. The molecule has 0 saturated carbocycles. The van der Waals surface area contributed by atoms with E-state index >= 15 is 0 Å². The first-order valence-electron chi connectivity index (χ1n) is 8.03. The zero-order valence-electron chi connectivity index (χ0n) is 15.0. The van der Waals surface area contributed by atoms with E-state index in [1.165, 1.54) is 4.31 Å². The minimum absolute atomic E-state index is 0.172. The second-order valence-electron chi connectivity index (χ2n) is 6.30. The Labute approximate surface area is 149 Å². The van der Waals surface area contributed by atoms with Crippen LogP contribution in [0.25, 0.3) is 0 Å². The van der Waals surface area contributed by atoms with E-state index in [1.807, 2.05) is 63.2 Å². The first-order valence-corrected chi connectivity index (χ1v) is 9.88. The van der Waals surface area contributed by atoms with Crippen molar-refractivity contribution >= 4 is 21.6 Å². The van der Waals surface area contributed by atoms with Crippen molar-refractivity contribution < 1.29 is 13.2 Å². The summed E-state index contributed by atoms with van der Waals surface area (Å²) in [6, 6.07) is 13.2. The van der Waals surface area contributed by atoms with Crippen molar-refractivity contribution in [1.29, 1.82) is 0 Å². The highest BCUT2D eigenvalue weighted by molar-refractivity contribution is 7.88. The summed E-state index contributed by atoms with van der Waals surface area (Å²) >= 11 is 0. The molecule has 0 unspecified atom stereocenters. The Balaban J connectivity index is 2.13. The van der Waals surface area contributed by atoms with Crippen LogP contribution >= 0.6 is 0 Å². The minimum atomic E-state index is -3.51. The number of hydrogen-bond acceptors (Lipinski definition) is 3. The number of nitrogens with zero attached hydrogens (tertiary/aromatic N) is 1. The van der Waals surface area contributed by atoms with Crippen LogP contribution in [0.15, 0.2) is 42.5 Å². The van der Waals surface area contributed by atoms with Crippen molar-refractivity contribution in [3.8, 4) is 0 Å². The van der Waals surface area contributed by atoms with Crippen LogP contribution in [0.1, 0.15) is 22.3 Å². The van der Waals surface area contributed by atoms with Crippen LogP contribution in [0.3, 0.4) is 0 Å². The largest absolute Gasteiger partial charge is 0.325 e. The van der Waals surface area contributed by atoms with Crippen molar-refractivity contribution in [1.82, 2.24) is 4.31 Å². The molecule has 2 rings (SSSR count). The quantitative estimate of drug-likeness (QED) is 0.861. The molecule has 0 radical (unpaired) electrons. The number of anilines is 1. The molecular formula is C19H24N2O3S. The Kier molecular flexibility index (Phi) is 5.98. The third-order valence-electron chi connectivity index (χ3n) is 4.19. The van der Waals surface area contributed by atoms with E-state index in [4.69, 9.17) is 0 Å². The molecule has 6 heteroatoms. The highest BCUT2D eigenvalue weighted by Crippen LogP contribution is 2.16. The summed E-state index contributed by atoms with van der Waals surface area (Å²) < 4.78 is 25.3. The lowest BCUT2D eigenvalue weighted by atomic mass is 10.1. The molecule has 0 fully saturated rings. The van der Waals surface area contributed by atoms with Crippen molar-refractivity contribution in [2.24, 2.45) is 0 Å². The van der Waals surface area contributed by atoms with Crippen LogP contribution < -0.4 is 5.32 Å². The Morgan fingerprint density at radius 1 is 1.00 bits per heavy atom. The molecule has 2 aromatic carbocycles. The van der Waals surface area contributed by atoms with Gasteiger partial charge in [0.05, 0.1) is 12.8 Å². The van der Waals surface area contributed by atoms with Crippen molar-refractivity contribution in [3.05, 3.63) is 64.7 Å². The average Bonchev–Trinajstić information content (AvgIpc) is 2.51. The SMILES string of the molecule is Cc1ccc(NC(=O)CN(Cc2ccccc2C)S(C)(=O)=O)cc1C. The number of rotatable bonds is 6. The standard InChI is InChI=1S/C19H24N2O3S/c1-14-9-10-18(11-16(14)3)20-19(22)13-21(25(4,23)24)12-17-8-6-5-7-15(17)2/h5-11H,12-13H2,1-4H3,(H,20,22). The Bertz CT molecular complexity index is 876. The van der Waals surface area contributed by atoms with Crippen LogP contribution in [-0.2, 0) is 21.4 Å². The van der Waals surface area contributed by atoms with Crippen molar-refractivity contribution in [2.45, 2.75) is 27.3 Å². The summed E-state index contributed by atoms with van der Waals surface area (Å²) in [6.07, 6.45) is 1.12. The number of carbonyl (C=O) groups excluding carboxylic acids is 1. The maximum Gasteiger partial charge on any atom is 0.239 e. The molecule has 25 heavy (non-hydrogen) atoms. The highest BCUT2D eigenvalue weighted by atomic mass is 32.2. The summed E-state index contributed by atoms with van der Waals surface area (Å²) in [5.74, 6) is -0.359. The van der Waals surface area contributed by atoms with E-state index in [9.17, 15) is 13.2 Å². The van der Waals surface area contributed by atoms with Gasteiger partial charge in [-0.2, -0.15) is 4.31 Å². The molecule has 0 saturated heterocycles. The van der Waals surface area contributed by atoms with Crippen LogP contribution in [0.4, 0.5) is 5.69 Å². The van der Waals surface area contributed by atoms with Crippen LogP contribution in [0, 0.1) is 20.8 Å². The molecule has 0 heterocycles. The van der Waals surface area contributed by atoms with Crippen molar-refractivity contribution in [3.63, 3.8) is 0 Å². The maximum absolute atomic E-state index is 12.3. The summed E-state index contributed by atoms with van der Waals surface area (Å²) in [5, 5.41) is 2.77. The number of nitrogens with one attached hydrogen (secondary N) is 1. The fourth-order valence-electron chi connectivity index (χ4n) is 2.45. The van der Waals surface area contributed by atoms with E-state index in [-0.39, 0.29) is 19.0 Å². The summed E-state index contributed by atoms with van der Waals surface area (Å²) in [5.41, 5.74) is 4.74. The van der Waals surface area contributed by atoms with E-state index in [2.05, 4.69) is 5.32 Å². The second-order valence-corrected chi connectivity index (χ2v) is 8.29. The molecule has 134 valence electrons. The maximum atomic E-state index is 12.3. The summed E-state index contributed by atoms with van der Waals surface area (Å²) in [6.45, 7) is 5.83. The van der Waals surface area contributed by atoms with E-state index in [0.717, 1.165) is 28.5 Å². The monoisotopic (exact) mass is 360 g/mol. The van der Waals surface area contributed by atoms with E-state index in [1.54, 1.807) is 0 Å². The number of benzene rings is 2. The minimum Gasteiger partial charge on any atom is -0.325 e. The number of aryl methyl sites for hydroxylation is 3. The fraction of sp³-hybridized carbons (Fsp3) is 0.316. The molecule has 1 amide bonds. The average molecular weight is 360 g/mol. The van der Waals surface area contributed by atoms with Gasteiger partial charge in [-0.15, -0.1) is 0 Å². The Hall–Kier alpha value is -2.18. The molecule has 0 aliphatic carbocycles. The molecule has 5 nitrogen and oxygen atoms in total. The Morgan fingerprint density at radius 3 is 2.28 bits per heavy atom. The van der Waals surface area contributed by atoms with Gasteiger partial charge in [0.1, 0.15) is 0 Å². The fourth-order valence-corrected chi connectivity index (χ4v) is 3.17. The van der Waals surface area contributed by atoms with Gasteiger partial charge in [-0.05, 0) is 55.2 Å². The topological polar surface area (TPSA) is 66.5 Å². The number of sulfonamides is 1. The van der Waals surface area contributed by atoms with E-state index in [0.29, 0.717) is 5.69 Å². The third-order valence-corrected chi connectivity index (χ3v) is 5.38. The zero-order valence-corrected chi connectivity index (χ0v) is 15.9. The summed E-state index contributed by atoms with van der Waals surface area (Å²) in [4.78, 5) is 12.3. The Morgan fingerprint density at radius 2 is 1.68 bits per heavy atom. The van der Waals surface area contributed by atoms with Gasteiger partial charge in [0.15, 0.2) is 0 Å². The highest BCUT2D eigenvalue weighted by Gasteiger charge is 2.21. The van der Waals surface area contributed by atoms with Crippen molar-refractivity contribution in [2.75, 3.05) is 18.1 Å². The predicted octanol–water partition coefficient (Wildman–Crippen LogP) is 3.01. The van der Waals surface area contributed by atoms with Gasteiger partial charge in [0.25, 0.3) is 0 Å². The van der Waals surface area contributed by atoms with Gasteiger partial charge >= 0.3 is 0 Å². The predicted molar refractivity (Wildman–Crippen MR) is 101 cm³/mol. The first kappa shape index (κ1) is 19.1. The molecule has 0 atom stereocenters. The van der Waals surface area contributed by atoms with Gasteiger partial charge in [-0.3, -0.25) is 4.79 Å². The molecule has 1 N–H and O–H groups in total. The van der Waals surface area contributed by atoms with Gasteiger partial charge in [-0.1, -0.05) is 30.3 Å². The first-order chi connectivity index (χ1) is 11.7. The molecular weight excluding hydrogens is 336 g/mol. The number of amides is 1. The molecule has 2 aromatic rings. The smallest absolute Gasteiger partial charge is 0.239 e. The second kappa shape index (κ2) is 7.80. The molecule has 0 spiro atoms. The third kappa shape index (κ3) is 5.41. The van der Waals surface area contributed by atoms with Crippen LogP contribution in [0.2, 0.25) is 0 Å². The zero-order chi connectivity index (χ0) is 18.6. The lowest BCUT2D eigenvalue weighted by Crippen LogP contribution is -2.37. The van der Waals surface area contributed by atoms with Crippen LogP contribution in [0.5, 0.6) is 0 Å².